The standard InChI is InChI=1S/C17H20ClN3O2/c1-4-5-10-23-13(3)17(22)19-16-11-12(2)20-21(16)15-8-6-14(18)7-9-15/h4,6-9,11,13H,1,5,10H2,2-3H3,(H,19,22). The van der Waals surface area contributed by atoms with E-state index in [1.165, 1.54) is 0 Å². The van der Waals surface area contributed by atoms with Crippen LogP contribution >= 0.6 is 11.6 Å². The zero-order valence-electron chi connectivity index (χ0n) is 13.3. The largest absolute Gasteiger partial charge is 0.368 e. The molecule has 0 saturated carbocycles. The van der Waals surface area contributed by atoms with Gasteiger partial charge in [0, 0.05) is 11.1 Å². The lowest BCUT2D eigenvalue weighted by Gasteiger charge is -2.14. The quantitative estimate of drug-likeness (QED) is 0.620. The summed E-state index contributed by atoms with van der Waals surface area (Å²) in [6.45, 7) is 7.67. The molecule has 0 aliphatic heterocycles. The van der Waals surface area contributed by atoms with Crippen molar-refractivity contribution in [2.24, 2.45) is 0 Å². The summed E-state index contributed by atoms with van der Waals surface area (Å²) in [5.74, 6) is 0.373. The molecule has 6 heteroatoms. The van der Waals surface area contributed by atoms with Crippen molar-refractivity contribution in [3.8, 4) is 5.69 Å². The molecule has 1 atom stereocenters. The highest BCUT2D eigenvalue weighted by Crippen LogP contribution is 2.19. The monoisotopic (exact) mass is 333 g/mol. The van der Waals surface area contributed by atoms with Gasteiger partial charge in [-0.15, -0.1) is 6.58 Å². The van der Waals surface area contributed by atoms with Crippen LogP contribution in [0.1, 0.15) is 19.0 Å². The molecule has 0 fully saturated rings. The molecule has 0 radical (unpaired) electrons. The van der Waals surface area contributed by atoms with E-state index in [1.807, 2.05) is 25.1 Å². The molecule has 1 amide bonds. The Morgan fingerprint density at radius 1 is 1.48 bits per heavy atom. The maximum absolute atomic E-state index is 12.2. The molecular weight excluding hydrogens is 314 g/mol. The fraction of sp³-hybridized carbons (Fsp3) is 0.294. The van der Waals surface area contributed by atoms with Gasteiger partial charge in [0.2, 0.25) is 0 Å². The van der Waals surface area contributed by atoms with E-state index in [2.05, 4.69) is 17.0 Å². The van der Waals surface area contributed by atoms with Crippen molar-refractivity contribution < 1.29 is 9.53 Å². The lowest BCUT2D eigenvalue weighted by atomic mass is 10.3. The molecule has 0 saturated heterocycles. The van der Waals surface area contributed by atoms with Crippen molar-refractivity contribution in [2.45, 2.75) is 26.4 Å². The lowest BCUT2D eigenvalue weighted by molar-refractivity contribution is -0.126. The topological polar surface area (TPSA) is 56.1 Å². The van der Waals surface area contributed by atoms with Crippen molar-refractivity contribution in [2.75, 3.05) is 11.9 Å². The van der Waals surface area contributed by atoms with Crippen LogP contribution in [0.5, 0.6) is 0 Å². The summed E-state index contributed by atoms with van der Waals surface area (Å²) < 4.78 is 7.12. The Hall–Kier alpha value is -2.11. The molecule has 0 spiro atoms. The number of anilines is 1. The smallest absolute Gasteiger partial charge is 0.254 e. The molecule has 0 bridgehead atoms. The fourth-order valence-corrected chi connectivity index (χ4v) is 2.13. The third-order valence-electron chi connectivity index (χ3n) is 3.21. The van der Waals surface area contributed by atoms with Crippen LogP contribution in [0.2, 0.25) is 5.02 Å². The van der Waals surface area contributed by atoms with Gasteiger partial charge in [0.05, 0.1) is 18.0 Å². The Bertz CT molecular complexity index is 680. The van der Waals surface area contributed by atoms with Crippen molar-refractivity contribution >= 4 is 23.3 Å². The minimum absolute atomic E-state index is 0.218. The van der Waals surface area contributed by atoms with Gasteiger partial charge in [0.25, 0.3) is 5.91 Å². The molecule has 1 aromatic carbocycles. The maximum atomic E-state index is 12.2. The summed E-state index contributed by atoms with van der Waals surface area (Å²) in [5, 5.41) is 7.90. The first kappa shape index (κ1) is 17.2. The minimum atomic E-state index is -0.552. The van der Waals surface area contributed by atoms with Crippen molar-refractivity contribution in [1.82, 2.24) is 9.78 Å². The van der Waals surface area contributed by atoms with E-state index in [-0.39, 0.29) is 5.91 Å². The highest BCUT2D eigenvalue weighted by atomic mass is 35.5. The summed E-state index contributed by atoms with van der Waals surface area (Å²) in [6.07, 6.45) is 1.91. The van der Waals surface area contributed by atoms with E-state index >= 15 is 0 Å². The molecule has 23 heavy (non-hydrogen) atoms. The first-order valence-electron chi connectivity index (χ1n) is 7.37. The van der Waals surface area contributed by atoms with E-state index < -0.39 is 6.10 Å². The Labute approximate surface area is 140 Å². The number of nitrogens with one attached hydrogen (secondary N) is 1. The van der Waals surface area contributed by atoms with E-state index in [0.717, 1.165) is 11.4 Å². The van der Waals surface area contributed by atoms with Gasteiger partial charge >= 0.3 is 0 Å². The van der Waals surface area contributed by atoms with Crippen molar-refractivity contribution in [3.05, 3.63) is 53.7 Å². The van der Waals surface area contributed by atoms with Crippen molar-refractivity contribution in [1.29, 1.82) is 0 Å². The predicted molar refractivity (Wildman–Crippen MR) is 92.2 cm³/mol. The number of amides is 1. The van der Waals surface area contributed by atoms with Crippen molar-refractivity contribution in [3.63, 3.8) is 0 Å². The zero-order valence-corrected chi connectivity index (χ0v) is 14.0. The molecular formula is C17H20ClN3O2. The Balaban J connectivity index is 2.12. The van der Waals surface area contributed by atoms with Gasteiger partial charge in [-0.3, -0.25) is 4.79 Å². The Morgan fingerprint density at radius 3 is 2.83 bits per heavy atom. The zero-order chi connectivity index (χ0) is 16.8. The van der Waals surface area contributed by atoms with Gasteiger partial charge in [-0.2, -0.15) is 5.10 Å². The minimum Gasteiger partial charge on any atom is -0.368 e. The first-order valence-corrected chi connectivity index (χ1v) is 7.75. The highest BCUT2D eigenvalue weighted by Gasteiger charge is 2.16. The second kappa shape index (κ2) is 7.94. The van der Waals surface area contributed by atoms with Crippen LogP contribution in [0.15, 0.2) is 43.0 Å². The number of hydrogen-bond acceptors (Lipinski definition) is 3. The number of halogens is 1. The molecule has 1 heterocycles. The van der Waals surface area contributed by atoms with Gasteiger partial charge in [-0.05, 0) is 44.5 Å². The maximum Gasteiger partial charge on any atom is 0.254 e. The normalized spacial score (nSPS) is 12.0. The average molecular weight is 334 g/mol. The van der Waals surface area contributed by atoms with E-state index in [1.54, 1.807) is 29.8 Å². The van der Waals surface area contributed by atoms with Crippen LogP contribution in [0.3, 0.4) is 0 Å². The summed E-state index contributed by atoms with van der Waals surface area (Å²) in [4.78, 5) is 12.2. The number of aromatic nitrogens is 2. The molecule has 0 aliphatic rings. The van der Waals surface area contributed by atoms with E-state index in [0.29, 0.717) is 23.9 Å². The van der Waals surface area contributed by atoms with E-state index in [4.69, 9.17) is 16.3 Å². The van der Waals surface area contributed by atoms with Gasteiger partial charge in [-0.1, -0.05) is 17.7 Å². The number of hydrogen-bond donors (Lipinski definition) is 1. The summed E-state index contributed by atoms with van der Waals surface area (Å²) >= 11 is 5.91. The second-order valence-electron chi connectivity index (χ2n) is 5.14. The summed E-state index contributed by atoms with van der Waals surface area (Å²) in [6, 6.07) is 9.05. The number of nitrogens with zero attached hydrogens (tertiary/aromatic N) is 2. The molecule has 1 aromatic heterocycles. The van der Waals surface area contributed by atoms with Crippen LogP contribution in [0.4, 0.5) is 5.82 Å². The van der Waals surface area contributed by atoms with Crippen LogP contribution in [0.25, 0.3) is 5.69 Å². The highest BCUT2D eigenvalue weighted by molar-refractivity contribution is 6.30. The summed E-state index contributed by atoms with van der Waals surface area (Å²) in [7, 11) is 0. The third-order valence-corrected chi connectivity index (χ3v) is 3.47. The molecule has 1 unspecified atom stereocenters. The lowest BCUT2D eigenvalue weighted by Crippen LogP contribution is -2.29. The number of carbonyl (C=O) groups is 1. The van der Waals surface area contributed by atoms with Gasteiger partial charge in [0.1, 0.15) is 11.9 Å². The van der Waals surface area contributed by atoms with Crippen LogP contribution < -0.4 is 5.32 Å². The number of rotatable bonds is 7. The van der Waals surface area contributed by atoms with Crippen LogP contribution in [-0.4, -0.2) is 28.4 Å². The fourth-order valence-electron chi connectivity index (χ4n) is 2.00. The third kappa shape index (κ3) is 4.68. The first-order chi connectivity index (χ1) is 11.0. The van der Waals surface area contributed by atoms with E-state index in [9.17, 15) is 4.79 Å². The number of aryl methyl sites for hydroxylation is 1. The molecule has 0 aliphatic carbocycles. The SMILES string of the molecule is C=CCCOC(C)C(=O)Nc1cc(C)nn1-c1ccc(Cl)cc1. The number of benzene rings is 1. The predicted octanol–water partition coefficient (Wildman–Crippen LogP) is 3.75. The van der Waals surface area contributed by atoms with Crippen LogP contribution in [-0.2, 0) is 9.53 Å². The molecule has 1 N–H and O–H groups in total. The van der Waals surface area contributed by atoms with Crippen LogP contribution in [0, 0.1) is 6.92 Å². The molecule has 2 aromatic rings. The molecule has 122 valence electrons. The Morgan fingerprint density at radius 2 is 2.17 bits per heavy atom. The summed E-state index contributed by atoms with van der Waals surface area (Å²) in [5.41, 5.74) is 1.62. The number of ether oxygens (including phenoxy) is 1. The number of carbonyl (C=O) groups excluding carboxylic acids is 1. The molecule has 5 nitrogen and oxygen atoms in total. The molecule has 2 rings (SSSR count). The van der Waals surface area contributed by atoms with Gasteiger partial charge in [-0.25, -0.2) is 4.68 Å². The second-order valence-corrected chi connectivity index (χ2v) is 5.58. The average Bonchev–Trinajstić information content (AvgIpc) is 2.88. The Kier molecular flexibility index (Phi) is 5.96. The van der Waals surface area contributed by atoms with Gasteiger partial charge in [0.15, 0.2) is 0 Å². The van der Waals surface area contributed by atoms with Gasteiger partial charge < -0.3 is 10.1 Å².